The summed E-state index contributed by atoms with van der Waals surface area (Å²) in [6.45, 7) is 4.43. The molecule has 2 N–H and O–H groups in total. The van der Waals surface area contributed by atoms with E-state index >= 15 is 0 Å². The molecule has 1 aromatic heterocycles. The lowest BCUT2D eigenvalue weighted by atomic mass is 9.89. The molecule has 1 aromatic rings. The Kier molecular flexibility index (Phi) is 5.00. The molecule has 1 aliphatic rings. The summed E-state index contributed by atoms with van der Waals surface area (Å²) in [5.41, 5.74) is 6.15. The van der Waals surface area contributed by atoms with E-state index in [9.17, 15) is 9.59 Å². The summed E-state index contributed by atoms with van der Waals surface area (Å²) in [5.74, 6) is 0.738. The predicted octanol–water partition coefficient (Wildman–Crippen LogP) is 0.0333. The minimum absolute atomic E-state index is 0.249. The molecule has 2 atom stereocenters. The van der Waals surface area contributed by atoms with Crippen LogP contribution in [0.5, 0.6) is 0 Å². The van der Waals surface area contributed by atoms with E-state index < -0.39 is 0 Å². The van der Waals surface area contributed by atoms with Crippen LogP contribution in [-0.4, -0.2) is 33.2 Å². The second kappa shape index (κ2) is 6.58. The zero-order valence-corrected chi connectivity index (χ0v) is 13.2. The number of nitrogens with two attached hydrogens (primary N) is 1. The van der Waals surface area contributed by atoms with Crippen molar-refractivity contribution in [3.63, 3.8) is 0 Å². The van der Waals surface area contributed by atoms with E-state index in [2.05, 4.69) is 11.8 Å². The zero-order valence-electron chi connectivity index (χ0n) is 13.2. The summed E-state index contributed by atoms with van der Waals surface area (Å²) >= 11 is 0. The fraction of sp³-hybridized carbons (Fsp3) is 0.733. The number of rotatable bonds is 4. The quantitative estimate of drug-likeness (QED) is 0.850. The van der Waals surface area contributed by atoms with Crippen LogP contribution >= 0.6 is 0 Å². The molecule has 0 bridgehead atoms. The smallest absolute Gasteiger partial charge is 0.329 e. The lowest BCUT2D eigenvalue weighted by Gasteiger charge is -2.39. The van der Waals surface area contributed by atoms with E-state index in [0.29, 0.717) is 19.1 Å². The first-order valence-corrected chi connectivity index (χ1v) is 7.68. The average molecular weight is 294 g/mol. The van der Waals surface area contributed by atoms with Crippen molar-refractivity contribution in [3.05, 3.63) is 32.6 Å². The highest BCUT2D eigenvalue weighted by molar-refractivity contribution is 5.03. The molecule has 118 valence electrons. The van der Waals surface area contributed by atoms with Crippen molar-refractivity contribution >= 4 is 0 Å². The number of hydrogen-bond donors (Lipinski definition) is 1. The van der Waals surface area contributed by atoms with Crippen LogP contribution in [0.15, 0.2) is 15.7 Å². The number of aromatic nitrogens is 2. The molecule has 0 spiro atoms. The molecule has 0 aliphatic carbocycles. The summed E-state index contributed by atoms with van der Waals surface area (Å²) in [6.07, 6.45) is 3.45. The maximum absolute atomic E-state index is 12.0. The van der Waals surface area contributed by atoms with Gasteiger partial charge in [0.15, 0.2) is 0 Å². The van der Waals surface area contributed by atoms with Gasteiger partial charge in [-0.15, -0.1) is 0 Å². The monoisotopic (exact) mass is 294 g/mol. The van der Waals surface area contributed by atoms with Crippen LogP contribution in [0.2, 0.25) is 0 Å². The van der Waals surface area contributed by atoms with Crippen molar-refractivity contribution < 1.29 is 0 Å². The minimum Gasteiger partial charge on any atom is -0.329 e. The lowest BCUT2D eigenvalue weighted by Crippen LogP contribution is -2.47. The molecule has 6 nitrogen and oxygen atoms in total. The van der Waals surface area contributed by atoms with Crippen molar-refractivity contribution in [1.29, 1.82) is 0 Å². The molecular weight excluding hydrogens is 268 g/mol. The third kappa shape index (κ3) is 3.27. The molecule has 6 heteroatoms. The van der Waals surface area contributed by atoms with Gasteiger partial charge in [0, 0.05) is 45.0 Å². The Morgan fingerprint density at radius 3 is 2.62 bits per heavy atom. The van der Waals surface area contributed by atoms with E-state index in [1.807, 2.05) is 0 Å². The van der Waals surface area contributed by atoms with Gasteiger partial charge in [0.1, 0.15) is 0 Å². The highest BCUT2D eigenvalue weighted by Gasteiger charge is 2.27. The predicted molar refractivity (Wildman–Crippen MR) is 83.2 cm³/mol. The average Bonchev–Trinajstić information content (AvgIpc) is 2.50. The number of hydrogen-bond acceptors (Lipinski definition) is 4. The van der Waals surface area contributed by atoms with Gasteiger partial charge in [-0.2, -0.15) is 0 Å². The minimum atomic E-state index is -0.273. The molecule has 0 saturated carbocycles. The van der Waals surface area contributed by atoms with Gasteiger partial charge in [-0.1, -0.05) is 13.3 Å². The Morgan fingerprint density at radius 1 is 1.29 bits per heavy atom. The standard InChI is InChI=1S/C15H26N4O2/c1-4-11-5-6-19(12(7-11)9-16)10-13-8-14(20)18(3)15(21)17(13)2/h8,11-12H,4-7,9-10,16H2,1-3H3. The van der Waals surface area contributed by atoms with Gasteiger partial charge in [-0.25, -0.2) is 4.79 Å². The number of nitrogens with zero attached hydrogens (tertiary/aromatic N) is 3. The molecule has 2 heterocycles. The Bertz CT molecular complexity index is 605. The number of likely N-dealkylation sites (tertiary alicyclic amines) is 1. The first kappa shape index (κ1) is 16.0. The fourth-order valence-corrected chi connectivity index (χ4v) is 3.14. The van der Waals surface area contributed by atoms with Crippen molar-refractivity contribution in [3.8, 4) is 0 Å². The molecule has 0 radical (unpaired) electrons. The topological polar surface area (TPSA) is 73.3 Å². The van der Waals surface area contributed by atoms with Gasteiger partial charge in [-0.3, -0.25) is 18.8 Å². The van der Waals surface area contributed by atoms with Crippen molar-refractivity contribution in [1.82, 2.24) is 14.0 Å². The van der Waals surface area contributed by atoms with Gasteiger partial charge in [-0.05, 0) is 25.3 Å². The molecule has 2 unspecified atom stereocenters. The van der Waals surface area contributed by atoms with Gasteiger partial charge in [0.2, 0.25) is 0 Å². The van der Waals surface area contributed by atoms with Crippen LogP contribution in [0, 0.1) is 5.92 Å². The molecule has 0 aromatic carbocycles. The normalized spacial score (nSPS) is 23.4. The van der Waals surface area contributed by atoms with Gasteiger partial charge in [0.25, 0.3) is 5.56 Å². The summed E-state index contributed by atoms with van der Waals surface area (Å²) in [6, 6.07) is 1.89. The van der Waals surface area contributed by atoms with Crippen molar-refractivity contribution in [2.24, 2.45) is 25.7 Å². The van der Waals surface area contributed by atoms with Crippen LogP contribution in [0.4, 0.5) is 0 Å². The largest absolute Gasteiger partial charge is 0.330 e. The third-order valence-electron chi connectivity index (χ3n) is 4.79. The summed E-state index contributed by atoms with van der Waals surface area (Å²) in [7, 11) is 3.22. The Morgan fingerprint density at radius 2 is 2.00 bits per heavy atom. The maximum Gasteiger partial charge on any atom is 0.330 e. The summed E-state index contributed by atoms with van der Waals surface area (Å²) in [4.78, 5) is 26.1. The van der Waals surface area contributed by atoms with E-state index in [0.717, 1.165) is 35.6 Å². The molecular formula is C15H26N4O2. The Balaban J connectivity index is 2.22. The van der Waals surface area contributed by atoms with Crippen LogP contribution in [-0.2, 0) is 20.6 Å². The second-order valence-corrected chi connectivity index (χ2v) is 6.03. The first-order chi connectivity index (χ1) is 9.97. The van der Waals surface area contributed by atoms with Crippen LogP contribution in [0.25, 0.3) is 0 Å². The molecule has 1 aliphatic heterocycles. The molecule has 21 heavy (non-hydrogen) atoms. The summed E-state index contributed by atoms with van der Waals surface area (Å²) < 4.78 is 2.69. The second-order valence-electron chi connectivity index (χ2n) is 6.03. The first-order valence-electron chi connectivity index (χ1n) is 7.68. The third-order valence-corrected chi connectivity index (χ3v) is 4.79. The van der Waals surface area contributed by atoms with Gasteiger partial charge >= 0.3 is 5.69 Å². The van der Waals surface area contributed by atoms with Crippen LogP contribution < -0.4 is 17.0 Å². The Hall–Kier alpha value is -1.40. The van der Waals surface area contributed by atoms with Crippen molar-refractivity contribution in [2.45, 2.75) is 38.8 Å². The molecule has 1 fully saturated rings. The Labute approximate surface area is 125 Å². The SMILES string of the molecule is CCC1CCN(Cc2cc(=O)n(C)c(=O)n2C)C(CN)C1. The van der Waals surface area contributed by atoms with E-state index in [1.165, 1.54) is 13.5 Å². The molecule has 1 saturated heterocycles. The van der Waals surface area contributed by atoms with E-state index in [1.54, 1.807) is 17.7 Å². The van der Waals surface area contributed by atoms with Gasteiger partial charge in [0.05, 0.1) is 0 Å². The van der Waals surface area contributed by atoms with Crippen molar-refractivity contribution in [2.75, 3.05) is 13.1 Å². The van der Waals surface area contributed by atoms with Crippen LogP contribution in [0.1, 0.15) is 31.9 Å². The van der Waals surface area contributed by atoms with Gasteiger partial charge < -0.3 is 5.73 Å². The highest BCUT2D eigenvalue weighted by atomic mass is 16.2. The fourth-order valence-electron chi connectivity index (χ4n) is 3.14. The highest BCUT2D eigenvalue weighted by Crippen LogP contribution is 2.25. The van der Waals surface area contributed by atoms with E-state index in [4.69, 9.17) is 5.73 Å². The lowest BCUT2D eigenvalue weighted by molar-refractivity contribution is 0.105. The number of piperidine rings is 1. The molecule has 0 amide bonds. The maximum atomic E-state index is 12.0. The van der Waals surface area contributed by atoms with E-state index in [-0.39, 0.29) is 11.2 Å². The molecule has 2 rings (SSSR count). The zero-order chi connectivity index (χ0) is 15.6. The summed E-state index contributed by atoms with van der Waals surface area (Å²) in [5, 5.41) is 0. The van der Waals surface area contributed by atoms with Crippen LogP contribution in [0.3, 0.4) is 0 Å².